The summed E-state index contributed by atoms with van der Waals surface area (Å²) in [5.41, 5.74) is 1.43. The van der Waals surface area contributed by atoms with Crippen LogP contribution in [0.1, 0.15) is 49.5 Å². The topological polar surface area (TPSA) is 85.4 Å². The minimum Gasteiger partial charge on any atom is -0.451 e. The standard InChI is InChI=1S/C22H22N2O4S3/c1-13(21(26)20-9-8-19(31-20)10-23-14(2)25)28-22(27)16-4-6-18(7-5-16)30-12-17-11-29-15(3)24-17/h4-9,11,13H,10,12H2,1-3H3,(H,23,25). The van der Waals surface area contributed by atoms with Crippen molar-refractivity contribution in [3.8, 4) is 0 Å². The van der Waals surface area contributed by atoms with Crippen LogP contribution >= 0.6 is 34.4 Å². The third-order valence-electron chi connectivity index (χ3n) is 4.21. The number of hydrogen-bond acceptors (Lipinski definition) is 8. The first-order valence-corrected chi connectivity index (χ1v) is 12.2. The molecule has 0 aliphatic carbocycles. The number of hydrogen-bond donors (Lipinski definition) is 1. The van der Waals surface area contributed by atoms with Crippen LogP contribution in [0.25, 0.3) is 0 Å². The Morgan fingerprint density at radius 3 is 2.55 bits per heavy atom. The van der Waals surface area contributed by atoms with E-state index in [9.17, 15) is 14.4 Å². The van der Waals surface area contributed by atoms with Gasteiger partial charge >= 0.3 is 5.97 Å². The van der Waals surface area contributed by atoms with E-state index in [-0.39, 0.29) is 11.7 Å². The number of ketones is 1. The molecule has 6 nitrogen and oxygen atoms in total. The lowest BCUT2D eigenvalue weighted by Crippen LogP contribution is -2.23. The Hall–Kier alpha value is -2.49. The number of carbonyl (C=O) groups is 3. The molecule has 1 aromatic carbocycles. The molecule has 3 aromatic rings. The van der Waals surface area contributed by atoms with E-state index in [2.05, 4.69) is 10.3 Å². The molecule has 2 heterocycles. The van der Waals surface area contributed by atoms with Crippen molar-refractivity contribution in [2.75, 3.05) is 0 Å². The van der Waals surface area contributed by atoms with E-state index in [0.717, 1.165) is 26.2 Å². The number of nitrogens with one attached hydrogen (secondary N) is 1. The second kappa shape index (κ2) is 10.7. The first-order chi connectivity index (χ1) is 14.8. The summed E-state index contributed by atoms with van der Waals surface area (Å²) in [5, 5.41) is 5.78. The number of nitrogens with zero attached hydrogens (tertiary/aromatic N) is 1. The zero-order valence-electron chi connectivity index (χ0n) is 17.3. The summed E-state index contributed by atoms with van der Waals surface area (Å²) in [4.78, 5) is 42.8. The van der Waals surface area contributed by atoms with Crippen LogP contribution in [-0.2, 0) is 21.8 Å². The number of ether oxygens (including phenoxy) is 1. The van der Waals surface area contributed by atoms with Crippen LogP contribution in [0.4, 0.5) is 0 Å². The van der Waals surface area contributed by atoms with Crippen molar-refractivity contribution < 1.29 is 19.1 Å². The molecule has 1 amide bonds. The van der Waals surface area contributed by atoms with Crippen LogP contribution in [0, 0.1) is 6.92 Å². The lowest BCUT2D eigenvalue weighted by Gasteiger charge is -2.11. The van der Waals surface area contributed by atoms with Crippen LogP contribution in [0.2, 0.25) is 0 Å². The average molecular weight is 475 g/mol. The van der Waals surface area contributed by atoms with Gasteiger partial charge in [0, 0.05) is 27.8 Å². The summed E-state index contributed by atoms with van der Waals surface area (Å²) in [6, 6.07) is 10.6. The number of carbonyl (C=O) groups excluding carboxylic acids is 3. The molecule has 0 radical (unpaired) electrons. The van der Waals surface area contributed by atoms with Crippen LogP contribution in [0.3, 0.4) is 0 Å². The van der Waals surface area contributed by atoms with Crippen LogP contribution < -0.4 is 5.32 Å². The first kappa shape index (κ1) is 23.2. The fourth-order valence-corrected chi connectivity index (χ4v) is 5.09. The molecule has 0 bridgehead atoms. The van der Waals surface area contributed by atoms with E-state index >= 15 is 0 Å². The number of amides is 1. The number of Topliss-reactive ketones (excluding diaryl/α,β-unsaturated/α-hetero) is 1. The van der Waals surface area contributed by atoms with E-state index in [1.807, 2.05) is 24.4 Å². The molecule has 9 heteroatoms. The fraction of sp³-hybridized carbons (Fsp3) is 0.273. The zero-order valence-corrected chi connectivity index (χ0v) is 19.8. The molecule has 31 heavy (non-hydrogen) atoms. The van der Waals surface area contributed by atoms with Gasteiger partial charge in [-0.3, -0.25) is 9.59 Å². The number of thiazole rings is 1. The lowest BCUT2D eigenvalue weighted by molar-refractivity contribution is -0.119. The van der Waals surface area contributed by atoms with Gasteiger partial charge < -0.3 is 10.1 Å². The molecule has 0 saturated carbocycles. The third kappa shape index (κ3) is 6.75. The Morgan fingerprint density at radius 2 is 1.90 bits per heavy atom. The van der Waals surface area contributed by atoms with Crippen LogP contribution in [0.15, 0.2) is 46.7 Å². The van der Waals surface area contributed by atoms with Gasteiger partial charge in [0.2, 0.25) is 11.7 Å². The number of aryl methyl sites for hydroxylation is 1. The summed E-state index contributed by atoms with van der Waals surface area (Å²) in [5.74, 6) is -0.170. The minimum atomic E-state index is -0.901. The Bertz CT molecular complexity index is 1070. The summed E-state index contributed by atoms with van der Waals surface area (Å²) < 4.78 is 5.37. The summed E-state index contributed by atoms with van der Waals surface area (Å²) in [7, 11) is 0. The minimum absolute atomic E-state index is 0.133. The van der Waals surface area contributed by atoms with Gasteiger partial charge in [-0.15, -0.1) is 34.4 Å². The van der Waals surface area contributed by atoms with Gasteiger partial charge in [-0.2, -0.15) is 0 Å². The quantitative estimate of drug-likeness (QED) is 0.271. The molecule has 1 unspecified atom stereocenters. The molecule has 1 atom stereocenters. The van der Waals surface area contributed by atoms with E-state index in [1.165, 1.54) is 18.3 Å². The molecule has 0 aliphatic rings. The van der Waals surface area contributed by atoms with E-state index in [0.29, 0.717) is 17.0 Å². The number of rotatable bonds is 9. The highest BCUT2D eigenvalue weighted by molar-refractivity contribution is 7.98. The predicted molar refractivity (Wildman–Crippen MR) is 124 cm³/mol. The second-order valence-corrected chi connectivity index (χ2v) is 10.0. The average Bonchev–Trinajstić information content (AvgIpc) is 3.39. The monoisotopic (exact) mass is 474 g/mol. The summed E-state index contributed by atoms with van der Waals surface area (Å²) >= 11 is 4.55. The zero-order chi connectivity index (χ0) is 22.4. The Balaban J connectivity index is 1.52. The first-order valence-electron chi connectivity index (χ1n) is 9.54. The van der Waals surface area contributed by atoms with Crippen LogP contribution in [-0.4, -0.2) is 28.7 Å². The van der Waals surface area contributed by atoms with Gasteiger partial charge in [0.25, 0.3) is 0 Å². The molecule has 0 spiro atoms. The molecule has 0 aliphatic heterocycles. The number of esters is 1. The van der Waals surface area contributed by atoms with E-state index in [1.54, 1.807) is 54.3 Å². The van der Waals surface area contributed by atoms with E-state index < -0.39 is 12.1 Å². The number of aromatic nitrogens is 1. The number of benzene rings is 1. The number of thioether (sulfide) groups is 1. The Morgan fingerprint density at radius 1 is 1.16 bits per heavy atom. The normalized spacial score (nSPS) is 11.7. The van der Waals surface area contributed by atoms with Crippen molar-refractivity contribution in [3.05, 3.63) is 67.8 Å². The lowest BCUT2D eigenvalue weighted by atomic mass is 10.2. The second-order valence-electron chi connectivity index (χ2n) is 6.76. The highest BCUT2D eigenvalue weighted by Crippen LogP contribution is 2.24. The molecular formula is C22H22N2O4S3. The fourth-order valence-electron chi connectivity index (χ4n) is 2.62. The molecule has 2 aromatic heterocycles. The molecular weight excluding hydrogens is 452 g/mol. The van der Waals surface area contributed by atoms with Crippen molar-refractivity contribution in [3.63, 3.8) is 0 Å². The predicted octanol–water partition coefficient (Wildman–Crippen LogP) is 4.87. The van der Waals surface area contributed by atoms with Crippen molar-refractivity contribution in [1.29, 1.82) is 0 Å². The van der Waals surface area contributed by atoms with Crippen molar-refractivity contribution in [2.45, 2.75) is 44.1 Å². The van der Waals surface area contributed by atoms with Gasteiger partial charge in [-0.25, -0.2) is 9.78 Å². The maximum Gasteiger partial charge on any atom is 0.338 e. The van der Waals surface area contributed by atoms with Gasteiger partial charge in [0.05, 0.1) is 27.7 Å². The maximum atomic E-state index is 12.6. The molecule has 0 saturated heterocycles. The van der Waals surface area contributed by atoms with E-state index in [4.69, 9.17) is 4.74 Å². The number of thiophene rings is 1. The van der Waals surface area contributed by atoms with Gasteiger partial charge in [-0.05, 0) is 50.2 Å². The summed E-state index contributed by atoms with van der Waals surface area (Å²) in [6.07, 6.45) is -0.901. The molecule has 0 fully saturated rings. The molecule has 162 valence electrons. The smallest absolute Gasteiger partial charge is 0.338 e. The largest absolute Gasteiger partial charge is 0.451 e. The van der Waals surface area contributed by atoms with Gasteiger partial charge in [0.15, 0.2) is 6.10 Å². The molecule has 1 N–H and O–H groups in total. The Labute approximate surface area is 193 Å². The summed E-state index contributed by atoms with van der Waals surface area (Å²) in [6.45, 7) is 5.35. The van der Waals surface area contributed by atoms with Crippen molar-refractivity contribution in [1.82, 2.24) is 10.3 Å². The van der Waals surface area contributed by atoms with Crippen molar-refractivity contribution in [2.24, 2.45) is 0 Å². The maximum absolute atomic E-state index is 12.6. The SMILES string of the molecule is CC(=O)NCc1ccc(C(=O)C(C)OC(=O)c2ccc(SCc3csc(C)n3)cc2)s1. The molecule has 3 rings (SSSR count). The van der Waals surface area contributed by atoms with Gasteiger partial charge in [-0.1, -0.05) is 0 Å². The third-order valence-corrected chi connectivity index (χ3v) is 7.18. The Kier molecular flexibility index (Phi) is 8.00. The van der Waals surface area contributed by atoms with Crippen LogP contribution in [0.5, 0.6) is 0 Å². The highest BCUT2D eigenvalue weighted by Gasteiger charge is 2.22. The van der Waals surface area contributed by atoms with Gasteiger partial charge in [0.1, 0.15) is 0 Å². The highest BCUT2D eigenvalue weighted by atomic mass is 32.2. The van der Waals surface area contributed by atoms with Crippen molar-refractivity contribution >= 4 is 52.1 Å².